The van der Waals surface area contributed by atoms with E-state index in [1.807, 2.05) is 19.9 Å². The van der Waals surface area contributed by atoms with Gasteiger partial charge in [-0.15, -0.1) is 0 Å². The van der Waals surface area contributed by atoms with Crippen LogP contribution in [0.1, 0.15) is 21.7 Å². The lowest BCUT2D eigenvalue weighted by molar-refractivity contribution is 0.102. The van der Waals surface area contributed by atoms with Gasteiger partial charge in [-0.05, 0) is 43.7 Å². The normalized spacial score (nSPS) is 10.8. The lowest BCUT2D eigenvalue weighted by atomic mass is 10.2. The van der Waals surface area contributed by atoms with Crippen LogP contribution in [0, 0.1) is 13.8 Å². The molecule has 0 aliphatic rings. The van der Waals surface area contributed by atoms with Gasteiger partial charge in [0.2, 0.25) is 0 Å². The monoisotopic (exact) mass is 300 g/mol. The zero-order chi connectivity index (χ0) is 15.0. The second kappa shape index (κ2) is 5.18. The van der Waals surface area contributed by atoms with Crippen LogP contribution in [0.15, 0.2) is 36.5 Å². The number of amides is 1. The number of carbonyl (C=O) groups excluding carboxylic acids is 1. The fraction of sp³-hybridized carbons (Fsp3) is 0.133. The summed E-state index contributed by atoms with van der Waals surface area (Å²) in [6, 6.07) is 8.68. The quantitative estimate of drug-likeness (QED) is 0.790. The van der Waals surface area contributed by atoms with E-state index in [1.165, 1.54) is 0 Å². The van der Waals surface area contributed by atoms with E-state index in [1.54, 1.807) is 35.0 Å². The molecule has 1 aromatic carbocycles. The molecule has 2 aromatic heterocycles. The second-order valence-corrected chi connectivity index (χ2v) is 5.24. The largest absolute Gasteiger partial charge is 0.321 e. The average Bonchev–Trinajstić information content (AvgIpc) is 2.80. The van der Waals surface area contributed by atoms with Crippen LogP contribution < -0.4 is 5.32 Å². The third-order valence-corrected chi connectivity index (χ3v) is 3.30. The minimum atomic E-state index is -0.215. The van der Waals surface area contributed by atoms with Gasteiger partial charge in [0.05, 0.1) is 11.9 Å². The molecule has 0 atom stereocenters. The number of rotatable bonds is 2. The number of fused-ring (bicyclic) bond motifs is 1. The number of aromatic nitrogens is 3. The maximum atomic E-state index is 12.2. The summed E-state index contributed by atoms with van der Waals surface area (Å²) < 4.78 is 1.66. The first-order valence-electron chi connectivity index (χ1n) is 6.43. The molecular formula is C15H13ClN4O. The summed E-state index contributed by atoms with van der Waals surface area (Å²) in [7, 11) is 0. The molecule has 0 aliphatic heterocycles. The molecule has 1 N–H and O–H groups in total. The Labute approximate surface area is 126 Å². The first kappa shape index (κ1) is 13.6. The summed E-state index contributed by atoms with van der Waals surface area (Å²) in [6.45, 7) is 3.76. The molecule has 0 aliphatic carbocycles. The molecule has 106 valence electrons. The van der Waals surface area contributed by atoms with Gasteiger partial charge in [-0.1, -0.05) is 17.7 Å². The topological polar surface area (TPSA) is 59.3 Å². The first-order valence-corrected chi connectivity index (χ1v) is 6.81. The van der Waals surface area contributed by atoms with E-state index in [0.717, 1.165) is 11.2 Å². The van der Waals surface area contributed by atoms with E-state index in [-0.39, 0.29) is 5.91 Å². The average molecular weight is 301 g/mol. The Kier molecular flexibility index (Phi) is 3.35. The number of carbonyl (C=O) groups is 1. The van der Waals surface area contributed by atoms with Crippen LogP contribution in [0.2, 0.25) is 5.02 Å². The highest BCUT2D eigenvalue weighted by atomic mass is 35.5. The van der Waals surface area contributed by atoms with Crippen LogP contribution in [-0.4, -0.2) is 20.5 Å². The summed E-state index contributed by atoms with van der Waals surface area (Å²) in [5, 5.41) is 7.63. The van der Waals surface area contributed by atoms with Crippen LogP contribution in [0.5, 0.6) is 0 Å². The highest BCUT2D eigenvalue weighted by Gasteiger charge is 2.09. The van der Waals surface area contributed by atoms with E-state index >= 15 is 0 Å². The molecule has 6 heteroatoms. The predicted molar refractivity (Wildman–Crippen MR) is 81.9 cm³/mol. The molecular weight excluding hydrogens is 288 g/mol. The highest BCUT2D eigenvalue weighted by molar-refractivity contribution is 6.31. The molecule has 0 saturated carbocycles. The Bertz CT molecular complexity index is 841. The molecule has 0 spiro atoms. The van der Waals surface area contributed by atoms with Gasteiger partial charge in [-0.25, -0.2) is 9.50 Å². The number of pyridine rings is 1. The predicted octanol–water partition coefficient (Wildman–Crippen LogP) is 3.25. The van der Waals surface area contributed by atoms with Crippen molar-refractivity contribution in [3.05, 3.63) is 58.5 Å². The Balaban J connectivity index is 1.92. The summed E-state index contributed by atoms with van der Waals surface area (Å²) in [4.78, 5) is 16.5. The van der Waals surface area contributed by atoms with Gasteiger partial charge in [-0.3, -0.25) is 4.79 Å². The summed E-state index contributed by atoms with van der Waals surface area (Å²) in [5.41, 5.74) is 2.90. The number of nitrogens with zero attached hydrogens (tertiary/aromatic N) is 3. The third-order valence-electron chi connectivity index (χ3n) is 3.07. The van der Waals surface area contributed by atoms with Crippen LogP contribution in [0.25, 0.3) is 5.65 Å². The number of hydrogen-bond donors (Lipinski definition) is 1. The smallest absolute Gasteiger partial charge is 0.255 e. The number of anilines is 1. The van der Waals surface area contributed by atoms with Crippen molar-refractivity contribution < 1.29 is 4.79 Å². The first-order chi connectivity index (χ1) is 10.0. The Morgan fingerprint density at radius 2 is 2.10 bits per heavy atom. The zero-order valence-corrected chi connectivity index (χ0v) is 12.3. The van der Waals surface area contributed by atoms with E-state index in [2.05, 4.69) is 15.4 Å². The van der Waals surface area contributed by atoms with Crippen molar-refractivity contribution in [3.8, 4) is 0 Å². The van der Waals surface area contributed by atoms with Crippen molar-refractivity contribution in [2.24, 2.45) is 0 Å². The standard InChI is InChI=1S/C15H13ClN4O/c1-9-6-13(8-20-14(9)17-10(2)19-20)18-15(21)11-4-3-5-12(16)7-11/h3-8H,1-2H3,(H,18,21). The van der Waals surface area contributed by atoms with Crippen LogP contribution >= 0.6 is 11.6 Å². The Morgan fingerprint density at radius 3 is 2.86 bits per heavy atom. The van der Waals surface area contributed by atoms with Crippen LogP contribution in [0.4, 0.5) is 5.69 Å². The number of benzene rings is 1. The maximum Gasteiger partial charge on any atom is 0.255 e. The van der Waals surface area contributed by atoms with Crippen LogP contribution in [0.3, 0.4) is 0 Å². The molecule has 0 unspecified atom stereocenters. The summed E-state index contributed by atoms with van der Waals surface area (Å²) in [5.74, 6) is 0.476. The minimum absolute atomic E-state index is 0.215. The van der Waals surface area contributed by atoms with Crippen molar-refractivity contribution >= 4 is 28.8 Å². The number of halogens is 1. The van der Waals surface area contributed by atoms with Crippen molar-refractivity contribution in [2.45, 2.75) is 13.8 Å². The molecule has 3 rings (SSSR count). The van der Waals surface area contributed by atoms with Gasteiger partial charge in [0.1, 0.15) is 5.82 Å². The molecule has 0 fully saturated rings. The Hall–Kier alpha value is -2.40. The lowest BCUT2D eigenvalue weighted by Gasteiger charge is -2.07. The Morgan fingerprint density at radius 1 is 1.29 bits per heavy atom. The van der Waals surface area contributed by atoms with Gasteiger partial charge in [-0.2, -0.15) is 5.10 Å². The fourth-order valence-electron chi connectivity index (χ4n) is 2.16. The molecule has 1 amide bonds. The molecule has 0 radical (unpaired) electrons. The molecule has 0 bridgehead atoms. The fourth-order valence-corrected chi connectivity index (χ4v) is 2.35. The van der Waals surface area contributed by atoms with Gasteiger partial charge in [0, 0.05) is 10.6 Å². The van der Waals surface area contributed by atoms with Crippen LogP contribution in [-0.2, 0) is 0 Å². The molecule has 2 heterocycles. The number of aryl methyl sites for hydroxylation is 2. The minimum Gasteiger partial charge on any atom is -0.321 e. The lowest BCUT2D eigenvalue weighted by Crippen LogP contribution is -2.12. The number of nitrogens with one attached hydrogen (secondary N) is 1. The van der Waals surface area contributed by atoms with Gasteiger partial charge in [0.25, 0.3) is 5.91 Å². The van der Waals surface area contributed by atoms with E-state index in [9.17, 15) is 4.79 Å². The van der Waals surface area contributed by atoms with E-state index in [0.29, 0.717) is 22.1 Å². The van der Waals surface area contributed by atoms with Gasteiger partial charge < -0.3 is 5.32 Å². The molecule has 5 nitrogen and oxygen atoms in total. The third kappa shape index (κ3) is 2.73. The SMILES string of the molecule is Cc1nc2c(C)cc(NC(=O)c3cccc(Cl)c3)cn2n1. The highest BCUT2D eigenvalue weighted by Crippen LogP contribution is 2.17. The molecule has 3 aromatic rings. The van der Waals surface area contributed by atoms with Crippen molar-refractivity contribution in [1.82, 2.24) is 14.6 Å². The summed E-state index contributed by atoms with van der Waals surface area (Å²) >= 11 is 5.90. The van der Waals surface area contributed by atoms with Crippen molar-refractivity contribution in [3.63, 3.8) is 0 Å². The zero-order valence-electron chi connectivity index (χ0n) is 11.6. The van der Waals surface area contributed by atoms with Gasteiger partial charge in [0.15, 0.2) is 5.65 Å². The second-order valence-electron chi connectivity index (χ2n) is 4.80. The maximum absolute atomic E-state index is 12.2. The molecule has 21 heavy (non-hydrogen) atoms. The van der Waals surface area contributed by atoms with Gasteiger partial charge >= 0.3 is 0 Å². The van der Waals surface area contributed by atoms with Crippen molar-refractivity contribution in [1.29, 1.82) is 0 Å². The van der Waals surface area contributed by atoms with Crippen molar-refractivity contribution in [2.75, 3.05) is 5.32 Å². The molecule has 0 saturated heterocycles. The van der Waals surface area contributed by atoms with E-state index in [4.69, 9.17) is 11.6 Å². The van der Waals surface area contributed by atoms with E-state index < -0.39 is 0 Å². The number of hydrogen-bond acceptors (Lipinski definition) is 3. The summed E-state index contributed by atoms with van der Waals surface area (Å²) in [6.07, 6.45) is 1.74.